The molecule has 1 fully saturated rings. The van der Waals surface area contributed by atoms with E-state index in [4.69, 9.17) is 9.47 Å². The highest BCUT2D eigenvalue weighted by Gasteiger charge is 2.31. The van der Waals surface area contributed by atoms with Crippen LogP contribution in [0.1, 0.15) is 39.5 Å². The predicted octanol–water partition coefficient (Wildman–Crippen LogP) is 2.37. The summed E-state index contributed by atoms with van der Waals surface area (Å²) in [6, 6.07) is 0. The van der Waals surface area contributed by atoms with Gasteiger partial charge in [-0.2, -0.15) is 0 Å². The van der Waals surface area contributed by atoms with Gasteiger partial charge in [0, 0.05) is 0 Å². The van der Waals surface area contributed by atoms with E-state index >= 15 is 0 Å². The largest absolute Gasteiger partial charge is 0.376 e. The minimum Gasteiger partial charge on any atom is -0.376 e. The van der Waals surface area contributed by atoms with E-state index in [-0.39, 0.29) is 5.60 Å². The Hall–Kier alpha value is -0.0800. The predicted molar refractivity (Wildman–Crippen MR) is 49.3 cm³/mol. The lowest BCUT2D eigenvalue weighted by Gasteiger charge is -2.36. The molecule has 1 rings (SSSR count). The Kier molecular flexibility index (Phi) is 4.02. The van der Waals surface area contributed by atoms with Crippen LogP contribution in [0.4, 0.5) is 0 Å². The highest BCUT2D eigenvalue weighted by molar-refractivity contribution is 4.80. The van der Waals surface area contributed by atoms with Crippen molar-refractivity contribution in [2.24, 2.45) is 0 Å². The summed E-state index contributed by atoms with van der Waals surface area (Å²) in [6.45, 7) is 6.74. The SMILES string of the molecule is CCCC[C@]1(CC)COCCO1. The van der Waals surface area contributed by atoms with Gasteiger partial charge in [0.05, 0.1) is 25.4 Å². The Bertz CT molecular complexity index is 117. The topological polar surface area (TPSA) is 18.5 Å². The molecule has 1 atom stereocenters. The lowest BCUT2D eigenvalue weighted by atomic mass is 9.94. The lowest BCUT2D eigenvalue weighted by Crippen LogP contribution is -2.42. The first-order valence-electron chi connectivity index (χ1n) is 5.05. The monoisotopic (exact) mass is 172 g/mol. The average molecular weight is 172 g/mol. The smallest absolute Gasteiger partial charge is 0.0913 e. The molecule has 0 aromatic carbocycles. The van der Waals surface area contributed by atoms with Crippen molar-refractivity contribution in [3.63, 3.8) is 0 Å². The van der Waals surface area contributed by atoms with Crippen LogP contribution in [-0.2, 0) is 9.47 Å². The summed E-state index contributed by atoms with van der Waals surface area (Å²) in [7, 11) is 0. The first-order valence-corrected chi connectivity index (χ1v) is 5.05. The third kappa shape index (κ3) is 2.46. The standard InChI is InChI=1S/C10H20O2/c1-3-5-6-10(4-2)9-11-7-8-12-10/h3-9H2,1-2H3/t10-/m1/s1. The van der Waals surface area contributed by atoms with Crippen LogP contribution in [0.3, 0.4) is 0 Å². The Morgan fingerprint density at radius 2 is 2.08 bits per heavy atom. The number of ether oxygens (including phenoxy) is 2. The Labute approximate surface area is 75.2 Å². The van der Waals surface area contributed by atoms with Crippen LogP contribution in [0, 0.1) is 0 Å². The molecule has 72 valence electrons. The molecule has 0 bridgehead atoms. The van der Waals surface area contributed by atoms with Crippen molar-refractivity contribution in [2.75, 3.05) is 19.8 Å². The van der Waals surface area contributed by atoms with Crippen LogP contribution < -0.4 is 0 Å². The van der Waals surface area contributed by atoms with Gasteiger partial charge in [0.1, 0.15) is 0 Å². The maximum Gasteiger partial charge on any atom is 0.0913 e. The van der Waals surface area contributed by atoms with Gasteiger partial charge in [-0.15, -0.1) is 0 Å². The normalized spacial score (nSPS) is 30.5. The number of unbranched alkanes of at least 4 members (excludes halogenated alkanes) is 1. The van der Waals surface area contributed by atoms with Gasteiger partial charge in [0.2, 0.25) is 0 Å². The van der Waals surface area contributed by atoms with Gasteiger partial charge in [0.25, 0.3) is 0 Å². The first-order chi connectivity index (χ1) is 5.83. The molecular formula is C10H20O2. The highest BCUT2D eigenvalue weighted by Crippen LogP contribution is 2.26. The van der Waals surface area contributed by atoms with Gasteiger partial charge in [0.15, 0.2) is 0 Å². The molecule has 12 heavy (non-hydrogen) atoms. The minimum atomic E-state index is 0.0499. The van der Waals surface area contributed by atoms with Crippen LogP contribution >= 0.6 is 0 Å². The third-order valence-electron chi connectivity index (χ3n) is 2.63. The Morgan fingerprint density at radius 1 is 1.25 bits per heavy atom. The fourth-order valence-corrected chi connectivity index (χ4v) is 1.64. The van der Waals surface area contributed by atoms with Crippen molar-refractivity contribution in [2.45, 2.75) is 45.1 Å². The van der Waals surface area contributed by atoms with Gasteiger partial charge >= 0.3 is 0 Å². The first kappa shape index (κ1) is 10.0. The molecule has 1 saturated heterocycles. The summed E-state index contributed by atoms with van der Waals surface area (Å²) in [5, 5.41) is 0. The number of hydrogen-bond acceptors (Lipinski definition) is 2. The summed E-state index contributed by atoms with van der Waals surface area (Å²) >= 11 is 0. The molecule has 0 aromatic rings. The van der Waals surface area contributed by atoms with E-state index < -0.39 is 0 Å². The molecule has 0 spiro atoms. The fourth-order valence-electron chi connectivity index (χ4n) is 1.64. The van der Waals surface area contributed by atoms with E-state index in [2.05, 4.69) is 13.8 Å². The summed E-state index contributed by atoms with van der Waals surface area (Å²) in [5.74, 6) is 0. The second kappa shape index (κ2) is 4.83. The van der Waals surface area contributed by atoms with E-state index in [0.717, 1.165) is 32.7 Å². The van der Waals surface area contributed by atoms with Gasteiger partial charge in [-0.3, -0.25) is 0 Å². The molecule has 1 heterocycles. The molecule has 0 saturated carbocycles. The molecule has 0 radical (unpaired) electrons. The average Bonchev–Trinajstić information content (AvgIpc) is 2.16. The van der Waals surface area contributed by atoms with E-state index in [1.54, 1.807) is 0 Å². The van der Waals surface area contributed by atoms with Crippen molar-refractivity contribution >= 4 is 0 Å². The molecule has 0 unspecified atom stereocenters. The summed E-state index contributed by atoms with van der Waals surface area (Å²) in [6.07, 6.45) is 4.72. The minimum absolute atomic E-state index is 0.0499. The second-order valence-corrected chi connectivity index (χ2v) is 3.54. The summed E-state index contributed by atoms with van der Waals surface area (Å²) in [4.78, 5) is 0. The van der Waals surface area contributed by atoms with Crippen molar-refractivity contribution in [3.05, 3.63) is 0 Å². The number of rotatable bonds is 4. The summed E-state index contributed by atoms with van der Waals surface area (Å²) in [5.41, 5.74) is 0.0499. The van der Waals surface area contributed by atoms with Crippen molar-refractivity contribution in [1.82, 2.24) is 0 Å². The molecule has 1 aliphatic heterocycles. The van der Waals surface area contributed by atoms with Crippen LogP contribution in [-0.4, -0.2) is 25.4 Å². The van der Waals surface area contributed by atoms with Gasteiger partial charge in [-0.1, -0.05) is 26.7 Å². The molecule has 2 nitrogen and oxygen atoms in total. The molecule has 2 heteroatoms. The summed E-state index contributed by atoms with van der Waals surface area (Å²) < 4.78 is 11.2. The van der Waals surface area contributed by atoms with Gasteiger partial charge in [-0.05, 0) is 12.8 Å². The fraction of sp³-hybridized carbons (Fsp3) is 1.00. The highest BCUT2D eigenvalue weighted by atomic mass is 16.6. The zero-order valence-corrected chi connectivity index (χ0v) is 8.27. The molecule has 0 aliphatic carbocycles. The lowest BCUT2D eigenvalue weighted by molar-refractivity contribution is -0.162. The molecule has 1 aliphatic rings. The molecule has 0 aromatic heterocycles. The molecule has 0 N–H and O–H groups in total. The second-order valence-electron chi connectivity index (χ2n) is 3.54. The zero-order chi connectivity index (χ0) is 8.86. The van der Waals surface area contributed by atoms with Crippen molar-refractivity contribution in [3.8, 4) is 0 Å². The van der Waals surface area contributed by atoms with E-state index in [1.807, 2.05) is 0 Å². The van der Waals surface area contributed by atoms with E-state index in [0.29, 0.717) is 0 Å². The third-order valence-corrected chi connectivity index (χ3v) is 2.63. The van der Waals surface area contributed by atoms with Crippen molar-refractivity contribution < 1.29 is 9.47 Å². The molecular weight excluding hydrogens is 152 g/mol. The molecule has 0 amide bonds. The Balaban J connectivity index is 2.37. The quantitative estimate of drug-likeness (QED) is 0.648. The van der Waals surface area contributed by atoms with Crippen LogP contribution in [0.15, 0.2) is 0 Å². The Morgan fingerprint density at radius 3 is 2.58 bits per heavy atom. The van der Waals surface area contributed by atoms with E-state index in [9.17, 15) is 0 Å². The van der Waals surface area contributed by atoms with E-state index in [1.165, 1.54) is 12.8 Å². The van der Waals surface area contributed by atoms with Crippen LogP contribution in [0.2, 0.25) is 0 Å². The van der Waals surface area contributed by atoms with Gasteiger partial charge in [-0.25, -0.2) is 0 Å². The van der Waals surface area contributed by atoms with Gasteiger partial charge < -0.3 is 9.47 Å². The number of hydrogen-bond donors (Lipinski definition) is 0. The van der Waals surface area contributed by atoms with Crippen molar-refractivity contribution in [1.29, 1.82) is 0 Å². The maximum atomic E-state index is 5.79. The maximum absolute atomic E-state index is 5.79. The van der Waals surface area contributed by atoms with Crippen LogP contribution in [0.25, 0.3) is 0 Å². The van der Waals surface area contributed by atoms with Crippen LogP contribution in [0.5, 0.6) is 0 Å². The zero-order valence-electron chi connectivity index (χ0n) is 8.27.